The molecule has 2 heterocycles. The number of amides is 1. The SMILES string of the molecule is COc1cc(=O)n(C)cc1C(=O)NC1CCC12CCOCC2. The molecule has 1 saturated heterocycles. The third-order valence-corrected chi connectivity index (χ3v) is 5.12. The molecule has 0 aromatic carbocycles. The van der Waals surface area contributed by atoms with E-state index in [1.54, 1.807) is 7.05 Å². The smallest absolute Gasteiger partial charge is 0.256 e. The van der Waals surface area contributed by atoms with Gasteiger partial charge in [-0.05, 0) is 31.1 Å². The molecule has 1 aromatic rings. The van der Waals surface area contributed by atoms with Gasteiger partial charge in [-0.2, -0.15) is 0 Å². The van der Waals surface area contributed by atoms with Crippen molar-refractivity contribution in [3.05, 3.63) is 28.2 Å². The number of rotatable bonds is 3. The highest BCUT2D eigenvalue weighted by Crippen LogP contribution is 2.48. The zero-order valence-electron chi connectivity index (χ0n) is 13.1. The Balaban J connectivity index is 1.77. The quantitative estimate of drug-likeness (QED) is 0.907. The summed E-state index contributed by atoms with van der Waals surface area (Å²) in [6.07, 6.45) is 5.68. The van der Waals surface area contributed by atoms with Crippen LogP contribution in [0.25, 0.3) is 0 Å². The molecule has 1 amide bonds. The van der Waals surface area contributed by atoms with E-state index in [1.807, 2.05) is 0 Å². The number of aromatic nitrogens is 1. The number of methoxy groups -OCH3 is 1. The molecule has 22 heavy (non-hydrogen) atoms. The molecule has 1 saturated carbocycles. The Hall–Kier alpha value is -1.82. The molecule has 1 spiro atoms. The maximum absolute atomic E-state index is 12.6. The summed E-state index contributed by atoms with van der Waals surface area (Å²) in [5.41, 5.74) is 0.401. The fourth-order valence-corrected chi connectivity index (χ4v) is 3.49. The van der Waals surface area contributed by atoms with Crippen molar-refractivity contribution >= 4 is 5.91 Å². The molecule has 0 bridgehead atoms. The first-order chi connectivity index (χ1) is 10.6. The van der Waals surface area contributed by atoms with Crippen molar-refractivity contribution in [2.45, 2.75) is 31.7 Å². The average molecular weight is 306 g/mol. The molecule has 120 valence electrons. The van der Waals surface area contributed by atoms with E-state index in [2.05, 4.69) is 5.32 Å². The molecule has 2 fully saturated rings. The summed E-state index contributed by atoms with van der Waals surface area (Å²) in [6, 6.07) is 1.53. The maximum atomic E-state index is 12.6. The number of carbonyl (C=O) groups is 1. The van der Waals surface area contributed by atoms with Crippen LogP contribution in [0.15, 0.2) is 17.1 Å². The maximum Gasteiger partial charge on any atom is 0.256 e. The summed E-state index contributed by atoms with van der Waals surface area (Å²) < 4.78 is 12.0. The van der Waals surface area contributed by atoms with E-state index in [-0.39, 0.29) is 22.9 Å². The minimum absolute atomic E-state index is 0.178. The highest BCUT2D eigenvalue weighted by molar-refractivity contribution is 5.96. The standard InChI is InChI=1S/C16H22N2O4/c1-18-10-11(12(21-2)9-14(18)19)15(20)17-13-3-4-16(13)5-7-22-8-6-16/h9-10,13H,3-8H2,1-2H3,(H,17,20). The molecule has 6 heteroatoms. The second kappa shape index (κ2) is 5.76. The van der Waals surface area contributed by atoms with Gasteiger partial charge in [-0.3, -0.25) is 9.59 Å². The van der Waals surface area contributed by atoms with Crippen molar-refractivity contribution < 1.29 is 14.3 Å². The molecule has 1 aliphatic carbocycles. The Bertz CT molecular complexity index is 632. The molecule has 1 unspecified atom stereocenters. The van der Waals surface area contributed by atoms with Gasteiger partial charge in [0, 0.05) is 38.6 Å². The number of pyridine rings is 1. The van der Waals surface area contributed by atoms with Gasteiger partial charge >= 0.3 is 0 Å². The van der Waals surface area contributed by atoms with Crippen LogP contribution in [0.4, 0.5) is 0 Å². The minimum atomic E-state index is -0.196. The van der Waals surface area contributed by atoms with E-state index in [0.717, 1.165) is 38.9 Å². The Morgan fingerprint density at radius 1 is 1.41 bits per heavy atom. The van der Waals surface area contributed by atoms with Crippen LogP contribution in [-0.2, 0) is 11.8 Å². The van der Waals surface area contributed by atoms with Gasteiger partial charge < -0.3 is 19.4 Å². The number of hydrogen-bond acceptors (Lipinski definition) is 4. The van der Waals surface area contributed by atoms with Gasteiger partial charge in [0.15, 0.2) is 0 Å². The van der Waals surface area contributed by atoms with Crippen LogP contribution in [-0.4, -0.2) is 36.8 Å². The topological polar surface area (TPSA) is 69.6 Å². The highest BCUT2D eigenvalue weighted by atomic mass is 16.5. The lowest BCUT2D eigenvalue weighted by Crippen LogP contribution is -2.57. The first-order valence-electron chi connectivity index (χ1n) is 7.69. The van der Waals surface area contributed by atoms with Crippen LogP contribution in [0, 0.1) is 5.41 Å². The van der Waals surface area contributed by atoms with E-state index < -0.39 is 0 Å². The number of ether oxygens (including phenoxy) is 2. The largest absolute Gasteiger partial charge is 0.496 e. The summed E-state index contributed by atoms with van der Waals surface area (Å²) in [4.78, 5) is 24.2. The summed E-state index contributed by atoms with van der Waals surface area (Å²) in [7, 11) is 3.09. The van der Waals surface area contributed by atoms with Crippen LogP contribution in [0.5, 0.6) is 5.75 Å². The second-order valence-corrected chi connectivity index (χ2v) is 6.24. The van der Waals surface area contributed by atoms with Gasteiger partial charge in [-0.1, -0.05) is 0 Å². The summed E-state index contributed by atoms with van der Waals surface area (Å²) in [6.45, 7) is 1.55. The fraction of sp³-hybridized carbons (Fsp3) is 0.625. The molecule has 6 nitrogen and oxygen atoms in total. The highest BCUT2D eigenvalue weighted by Gasteiger charge is 2.48. The summed E-state index contributed by atoms with van der Waals surface area (Å²) >= 11 is 0. The van der Waals surface area contributed by atoms with Crippen LogP contribution in [0.2, 0.25) is 0 Å². The van der Waals surface area contributed by atoms with E-state index in [9.17, 15) is 9.59 Å². The molecule has 1 aromatic heterocycles. The molecule has 0 radical (unpaired) electrons. The Morgan fingerprint density at radius 2 is 2.14 bits per heavy atom. The van der Waals surface area contributed by atoms with E-state index >= 15 is 0 Å². The predicted molar refractivity (Wildman–Crippen MR) is 81.2 cm³/mol. The Labute approximate surface area is 129 Å². The molecule has 1 aliphatic heterocycles. The van der Waals surface area contributed by atoms with Gasteiger partial charge in [0.1, 0.15) is 5.75 Å². The summed E-state index contributed by atoms with van der Waals surface area (Å²) in [5.74, 6) is 0.143. The fourth-order valence-electron chi connectivity index (χ4n) is 3.49. The minimum Gasteiger partial charge on any atom is -0.496 e. The second-order valence-electron chi connectivity index (χ2n) is 6.24. The zero-order valence-corrected chi connectivity index (χ0v) is 13.1. The third-order valence-electron chi connectivity index (χ3n) is 5.12. The first kappa shape index (κ1) is 15.1. The zero-order chi connectivity index (χ0) is 15.7. The van der Waals surface area contributed by atoms with Gasteiger partial charge in [0.05, 0.1) is 12.7 Å². The molecule has 1 atom stereocenters. The van der Waals surface area contributed by atoms with Crippen LogP contribution < -0.4 is 15.6 Å². The number of carbonyl (C=O) groups excluding carboxylic acids is 1. The lowest BCUT2D eigenvalue weighted by atomic mass is 9.60. The number of hydrogen-bond donors (Lipinski definition) is 1. The Morgan fingerprint density at radius 3 is 2.73 bits per heavy atom. The van der Waals surface area contributed by atoms with Crippen molar-refractivity contribution in [1.82, 2.24) is 9.88 Å². The predicted octanol–water partition coefficient (Wildman–Crippen LogP) is 1.08. The monoisotopic (exact) mass is 306 g/mol. The van der Waals surface area contributed by atoms with Crippen molar-refractivity contribution in [2.75, 3.05) is 20.3 Å². The number of aryl methyl sites for hydroxylation is 1. The molecule has 1 N–H and O–H groups in total. The van der Waals surface area contributed by atoms with Gasteiger partial charge in [-0.25, -0.2) is 0 Å². The lowest BCUT2D eigenvalue weighted by molar-refractivity contribution is -0.0523. The van der Waals surface area contributed by atoms with E-state index in [0.29, 0.717) is 11.3 Å². The molecular formula is C16H22N2O4. The van der Waals surface area contributed by atoms with Crippen LogP contribution in [0.1, 0.15) is 36.0 Å². The van der Waals surface area contributed by atoms with Gasteiger partial charge in [-0.15, -0.1) is 0 Å². The normalized spacial score (nSPS) is 22.9. The van der Waals surface area contributed by atoms with Crippen molar-refractivity contribution in [3.8, 4) is 5.75 Å². The van der Waals surface area contributed by atoms with E-state index in [4.69, 9.17) is 9.47 Å². The van der Waals surface area contributed by atoms with Crippen molar-refractivity contribution in [1.29, 1.82) is 0 Å². The van der Waals surface area contributed by atoms with Crippen LogP contribution in [0.3, 0.4) is 0 Å². The van der Waals surface area contributed by atoms with Gasteiger partial charge in [0.2, 0.25) is 0 Å². The third kappa shape index (κ3) is 2.52. The average Bonchev–Trinajstić information content (AvgIpc) is 2.54. The lowest BCUT2D eigenvalue weighted by Gasteiger charge is -2.52. The Kier molecular flexibility index (Phi) is 3.95. The first-order valence-corrected chi connectivity index (χ1v) is 7.69. The van der Waals surface area contributed by atoms with Crippen molar-refractivity contribution in [2.24, 2.45) is 12.5 Å². The van der Waals surface area contributed by atoms with Crippen LogP contribution >= 0.6 is 0 Å². The number of nitrogens with zero attached hydrogens (tertiary/aromatic N) is 1. The number of nitrogens with one attached hydrogen (secondary N) is 1. The molecule has 3 rings (SSSR count). The summed E-state index contributed by atoms with van der Waals surface area (Å²) in [5, 5.41) is 3.12. The van der Waals surface area contributed by atoms with E-state index in [1.165, 1.54) is 23.9 Å². The van der Waals surface area contributed by atoms with Crippen molar-refractivity contribution in [3.63, 3.8) is 0 Å². The van der Waals surface area contributed by atoms with Gasteiger partial charge in [0.25, 0.3) is 11.5 Å². The molecule has 2 aliphatic rings. The molecular weight excluding hydrogens is 284 g/mol.